The number of nitrogens with zero attached hydrogens (tertiary/aromatic N) is 3. The standard InChI is InChI=1S/C34H34N4O5/c1-2-34(40,30-19-18-28-33(35)36-24-37-38(28)30)32(43-22-27-16-10-5-11-17-27)31(42-21-26-14-8-4-9-15-26)29(39)23-41-20-25-12-6-3-7-13-25/h1,3-19,24,29,31-32,39-40H,20-23H2,(H2,35,36,37)/t29-,31-,32-,34?/m1/s1. The number of nitrogens with two attached hydrogens (primary N) is 1. The lowest BCUT2D eigenvalue weighted by atomic mass is 9.87. The van der Waals surface area contributed by atoms with Gasteiger partial charge in [0.25, 0.3) is 0 Å². The number of aliphatic hydroxyl groups excluding tert-OH is 1. The van der Waals surface area contributed by atoms with E-state index in [1.165, 1.54) is 10.8 Å². The van der Waals surface area contributed by atoms with Gasteiger partial charge in [-0.15, -0.1) is 6.42 Å². The van der Waals surface area contributed by atoms with Crippen molar-refractivity contribution in [1.82, 2.24) is 14.6 Å². The second-order valence-electron chi connectivity index (χ2n) is 10.1. The van der Waals surface area contributed by atoms with Crippen LogP contribution in [0.25, 0.3) is 5.52 Å². The molecule has 0 saturated heterocycles. The van der Waals surface area contributed by atoms with Crippen LogP contribution in [-0.2, 0) is 39.6 Å². The molecule has 0 amide bonds. The maximum Gasteiger partial charge on any atom is 0.196 e. The van der Waals surface area contributed by atoms with Crippen molar-refractivity contribution >= 4 is 11.3 Å². The number of terminal acetylenes is 1. The van der Waals surface area contributed by atoms with Crippen molar-refractivity contribution in [1.29, 1.82) is 0 Å². The first-order chi connectivity index (χ1) is 21.0. The molecule has 4 atom stereocenters. The molecule has 0 spiro atoms. The number of nitrogen functional groups attached to an aromatic ring is 1. The highest BCUT2D eigenvalue weighted by Gasteiger charge is 2.48. The van der Waals surface area contributed by atoms with Crippen LogP contribution in [0.3, 0.4) is 0 Å². The average molecular weight is 579 g/mol. The molecule has 3 aromatic carbocycles. The Morgan fingerprint density at radius 3 is 1.95 bits per heavy atom. The Bertz CT molecular complexity index is 1630. The predicted molar refractivity (Wildman–Crippen MR) is 162 cm³/mol. The van der Waals surface area contributed by atoms with Gasteiger partial charge in [0.15, 0.2) is 11.4 Å². The Labute approximate surface area is 250 Å². The summed E-state index contributed by atoms with van der Waals surface area (Å²) < 4.78 is 20.1. The summed E-state index contributed by atoms with van der Waals surface area (Å²) in [6, 6.07) is 31.9. The number of anilines is 1. The molecule has 0 fully saturated rings. The number of rotatable bonds is 14. The minimum absolute atomic E-state index is 0.0821. The van der Waals surface area contributed by atoms with Gasteiger partial charge in [-0.3, -0.25) is 0 Å². The van der Waals surface area contributed by atoms with Crippen molar-refractivity contribution in [3.8, 4) is 12.3 Å². The van der Waals surface area contributed by atoms with Crippen LogP contribution in [0.5, 0.6) is 0 Å². The maximum atomic E-state index is 12.3. The molecule has 4 N–H and O–H groups in total. The number of aromatic nitrogens is 3. The first-order valence-corrected chi connectivity index (χ1v) is 13.9. The zero-order valence-corrected chi connectivity index (χ0v) is 23.6. The van der Waals surface area contributed by atoms with E-state index in [4.69, 9.17) is 26.4 Å². The number of hydrogen-bond donors (Lipinski definition) is 3. The van der Waals surface area contributed by atoms with Gasteiger partial charge in [0, 0.05) is 0 Å². The molecule has 9 heteroatoms. The Kier molecular flexibility index (Phi) is 9.79. The minimum Gasteiger partial charge on any atom is -0.388 e. The number of fused-ring (bicyclic) bond motifs is 1. The smallest absolute Gasteiger partial charge is 0.196 e. The van der Waals surface area contributed by atoms with Crippen LogP contribution in [0.2, 0.25) is 0 Å². The fraction of sp³-hybridized carbons (Fsp3) is 0.235. The topological polar surface area (TPSA) is 124 Å². The second kappa shape index (κ2) is 14.1. The molecule has 220 valence electrons. The summed E-state index contributed by atoms with van der Waals surface area (Å²) in [5, 5.41) is 28.2. The van der Waals surface area contributed by atoms with Crippen LogP contribution in [-0.4, -0.2) is 49.7 Å². The normalized spacial score (nSPS) is 14.9. The summed E-state index contributed by atoms with van der Waals surface area (Å²) >= 11 is 0. The third-order valence-corrected chi connectivity index (χ3v) is 7.14. The van der Waals surface area contributed by atoms with Crippen LogP contribution in [0.1, 0.15) is 22.4 Å². The Hall–Kier alpha value is -4.56. The monoisotopic (exact) mass is 578 g/mol. The highest BCUT2D eigenvalue weighted by Crippen LogP contribution is 2.34. The van der Waals surface area contributed by atoms with Gasteiger partial charge in [-0.05, 0) is 28.8 Å². The lowest BCUT2D eigenvalue weighted by Crippen LogP contribution is -2.54. The van der Waals surface area contributed by atoms with Crippen molar-refractivity contribution in [2.24, 2.45) is 0 Å². The van der Waals surface area contributed by atoms with E-state index in [-0.39, 0.29) is 37.9 Å². The molecule has 0 aliphatic rings. The van der Waals surface area contributed by atoms with Gasteiger partial charge in [0.05, 0.1) is 32.1 Å². The van der Waals surface area contributed by atoms with Crippen molar-refractivity contribution < 1.29 is 24.4 Å². The van der Waals surface area contributed by atoms with Gasteiger partial charge in [-0.25, -0.2) is 9.50 Å². The first kappa shape index (κ1) is 29.9. The predicted octanol–water partition coefficient (Wildman–Crippen LogP) is 3.88. The van der Waals surface area contributed by atoms with E-state index in [0.717, 1.165) is 16.7 Å². The molecule has 2 aromatic heterocycles. The molecule has 0 bridgehead atoms. The molecule has 2 heterocycles. The Morgan fingerprint density at radius 2 is 1.37 bits per heavy atom. The largest absolute Gasteiger partial charge is 0.388 e. The summed E-state index contributed by atoms with van der Waals surface area (Å²) in [6.45, 7) is 0.373. The molecular weight excluding hydrogens is 544 g/mol. The molecular formula is C34H34N4O5. The average Bonchev–Trinajstić information content (AvgIpc) is 3.50. The Balaban J connectivity index is 1.51. The van der Waals surface area contributed by atoms with Crippen LogP contribution < -0.4 is 5.73 Å². The van der Waals surface area contributed by atoms with Crippen molar-refractivity contribution in [2.45, 2.75) is 43.7 Å². The maximum absolute atomic E-state index is 12.3. The lowest BCUT2D eigenvalue weighted by molar-refractivity contribution is -0.196. The highest BCUT2D eigenvalue weighted by molar-refractivity contribution is 5.66. The first-order valence-electron chi connectivity index (χ1n) is 13.9. The van der Waals surface area contributed by atoms with Crippen LogP contribution in [0.4, 0.5) is 5.82 Å². The van der Waals surface area contributed by atoms with Crippen molar-refractivity contribution in [3.63, 3.8) is 0 Å². The Morgan fingerprint density at radius 1 is 0.814 bits per heavy atom. The van der Waals surface area contributed by atoms with E-state index in [0.29, 0.717) is 5.52 Å². The number of ether oxygens (including phenoxy) is 3. The zero-order valence-electron chi connectivity index (χ0n) is 23.6. The second-order valence-corrected chi connectivity index (χ2v) is 10.1. The van der Waals surface area contributed by atoms with Gasteiger partial charge in [-0.2, -0.15) is 5.10 Å². The molecule has 1 unspecified atom stereocenters. The molecule has 0 aliphatic carbocycles. The highest BCUT2D eigenvalue weighted by atomic mass is 16.6. The fourth-order valence-corrected chi connectivity index (χ4v) is 4.89. The summed E-state index contributed by atoms with van der Waals surface area (Å²) in [7, 11) is 0. The molecule has 9 nitrogen and oxygen atoms in total. The minimum atomic E-state index is -2.12. The zero-order chi connectivity index (χ0) is 30.1. The van der Waals surface area contributed by atoms with Crippen molar-refractivity contribution in [3.05, 3.63) is 132 Å². The molecule has 0 aliphatic heterocycles. The fourth-order valence-electron chi connectivity index (χ4n) is 4.89. The van der Waals surface area contributed by atoms with Gasteiger partial charge < -0.3 is 30.2 Å². The van der Waals surface area contributed by atoms with E-state index in [9.17, 15) is 10.2 Å². The lowest BCUT2D eigenvalue weighted by Gasteiger charge is -2.38. The summed E-state index contributed by atoms with van der Waals surface area (Å²) in [5.41, 5.74) is 7.28. The van der Waals surface area contributed by atoms with E-state index in [1.807, 2.05) is 91.0 Å². The van der Waals surface area contributed by atoms with E-state index < -0.39 is 23.9 Å². The number of aliphatic hydroxyl groups is 2. The van der Waals surface area contributed by atoms with Gasteiger partial charge in [-0.1, -0.05) is 96.9 Å². The molecule has 43 heavy (non-hydrogen) atoms. The molecule has 5 aromatic rings. The summed E-state index contributed by atoms with van der Waals surface area (Å²) in [5.74, 6) is 2.74. The van der Waals surface area contributed by atoms with Crippen molar-refractivity contribution in [2.75, 3.05) is 12.3 Å². The SMILES string of the molecule is C#CC(O)(c1ccc2c(N)ncnn12)[C@H](OCc1ccccc1)[C@H](OCc1ccccc1)[C@H](O)COCc1ccccc1. The van der Waals surface area contributed by atoms with E-state index >= 15 is 0 Å². The summed E-state index contributed by atoms with van der Waals surface area (Å²) in [6.07, 6.45) is 3.72. The van der Waals surface area contributed by atoms with E-state index in [1.54, 1.807) is 12.1 Å². The van der Waals surface area contributed by atoms with Crippen LogP contribution >= 0.6 is 0 Å². The van der Waals surface area contributed by atoms with Crippen LogP contribution in [0, 0.1) is 12.3 Å². The molecule has 5 rings (SSSR count). The van der Waals surface area contributed by atoms with Gasteiger partial charge in [0.2, 0.25) is 0 Å². The van der Waals surface area contributed by atoms with Gasteiger partial charge >= 0.3 is 0 Å². The number of benzene rings is 3. The van der Waals surface area contributed by atoms with Crippen LogP contribution in [0.15, 0.2) is 109 Å². The third kappa shape index (κ3) is 7.09. The molecule has 0 radical (unpaired) electrons. The van der Waals surface area contributed by atoms with E-state index in [2.05, 4.69) is 16.0 Å². The quantitative estimate of drug-likeness (QED) is 0.170. The summed E-state index contributed by atoms with van der Waals surface area (Å²) in [4.78, 5) is 4.03. The number of hydrogen-bond acceptors (Lipinski definition) is 8. The molecule has 0 saturated carbocycles. The third-order valence-electron chi connectivity index (χ3n) is 7.14. The van der Waals surface area contributed by atoms with Gasteiger partial charge in [0.1, 0.15) is 30.2 Å².